The summed E-state index contributed by atoms with van der Waals surface area (Å²) in [5.74, 6) is -0.602. The van der Waals surface area contributed by atoms with Crippen molar-refractivity contribution in [3.63, 3.8) is 0 Å². The maximum absolute atomic E-state index is 12.6. The van der Waals surface area contributed by atoms with E-state index in [0.29, 0.717) is 17.8 Å². The minimum atomic E-state index is -0.842. The predicted octanol–water partition coefficient (Wildman–Crippen LogP) is 2.13. The van der Waals surface area contributed by atoms with Crippen LogP contribution < -0.4 is 15.9 Å². The molecule has 1 saturated heterocycles. The highest BCUT2D eigenvalue weighted by Crippen LogP contribution is 2.22. The van der Waals surface area contributed by atoms with Gasteiger partial charge in [0.25, 0.3) is 0 Å². The molecule has 162 valence electrons. The molecule has 2 heterocycles. The number of nitrogens with two attached hydrogens (primary N) is 1. The van der Waals surface area contributed by atoms with Crippen LogP contribution in [0.15, 0.2) is 35.3 Å². The van der Waals surface area contributed by atoms with Gasteiger partial charge in [-0.1, -0.05) is 62.4 Å². The smallest absolute Gasteiger partial charge is 0.344 e. The average Bonchev–Trinajstić information content (AvgIpc) is 3.32. The first-order valence-corrected chi connectivity index (χ1v) is 10.9. The molecule has 30 heavy (non-hydrogen) atoms. The normalized spacial score (nSPS) is 18.4. The average molecular weight is 432 g/mol. The molecular formula is C21H29N5O3S. The molecule has 1 aliphatic rings. The van der Waals surface area contributed by atoms with Gasteiger partial charge in [-0.25, -0.2) is 9.48 Å². The largest absolute Gasteiger partial charge is 0.376 e. The van der Waals surface area contributed by atoms with Gasteiger partial charge in [-0.3, -0.25) is 4.79 Å². The van der Waals surface area contributed by atoms with Crippen molar-refractivity contribution in [1.82, 2.24) is 15.1 Å². The number of carbonyl (C=O) groups excluding carboxylic acids is 2. The lowest BCUT2D eigenvalue weighted by Crippen LogP contribution is -2.45. The zero-order valence-corrected chi connectivity index (χ0v) is 18.4. The zero-order chi connectivity index (χ0) is 21.7. The highest BCUT2D eigenvalue weighted by molar-refractivity contribution is 7.09. The Morgan fingerprint density at radius 2 is 2.10 bits per heavy atom. The molecule has 3 N–H and O–H groups in total. The van der Waals surface area contributed by atoms with E-state index in [9.17, 15) is 9.59 Å². The number of nitrogens with one attached hydrogen (secondary N) is 1. The van der Waals surface area contributed by atoms with Crippen LogP contribution in [0.1, 0.15) is 44.2 Å². The molecule has 3 amide bonds. The summed E-state index contributed by atoms with van der Waals surface area (Å²) in [5, 5.41) is 8.18. The first-order chi connectivity index (χ1) is 14.2. The van der Waals surface area contributed by atoms with Gasteiger partial charge in [0.2, 0.25) is 10.7 Å². The van der Waals surface area contributed by atoms with Crippen LogP contribution in [-0.4, -0.2) is 40.5 Å². The molecule has 9 heteroatoms. The minimum Gasteiger partial charge on any atom is -0.376 e. The van der Waals surface area contributed by atoms with Gasteiger partial charge in [0.1, 0.15) is 11.0 Å². The number of benzene rings is 1. The predicted molar refractivity (Wildman–Crippen MR) is 115 cm³/mol. The van der Waals surface area contributed by atoms with E-state index in [1.807, 2.05) is 30.3 Å². The van der Waals surface area contributed by atoms with E-state index < -0.39 is 18.0 Å². The summed E-state index contributed by atoms with van der Waals surface area (Å²) in [6.07, 6.45) is 2.36. The monoisotopic (exact) mass is 431 g/mol. The van der Waals surface area contributed by atoms with Crippen molar-refractivity contribution in [2.75, 3.05) is 6.61 Å². The fourth-order valence-electron chi connectivity index (χ4n) is 3.14. The van der Waals surface area contributed by atoms with Gasteiger partial charge in [0.15, 0.2) is 0 Å². The van der Waals surface area contributed by atoms with Crippen LogP contribution in [-0.2, 0) is 27.9 Å². The van der Waals surface area contributed by atoms with Crippen LogP contribution in [0.2, 0.25) is 0 Å². The van der Waals surface area contributed by atoms with Crippen LogP contribution in [0.4, 0.5) is 4.79 Å². The molecule has 1 aromatic heterocycles. The van der Waals surface area contributed by atoms with Crippen LogP contribution in [0.5, 0.6) is 0 Å². The number of hydrogen-bond acceptors (Lipinski definition) is 5. The first kappa shape index (κ1) is 22.2. The first-order valence-electron chi connectivity index (χ1n) is 10.1. The van der Waals surface area contributed by atoms with Crippen LogP contribution in [0.25, 0.3) is 0 Å². The van der Waals surface area contributed by atoms with E-state index in [1.165, 1.54) is 11.3 Å². The molecule has 0 bridgehead atoms. The number of rotatable bonds is 6. The van der Waals surface area contributed by atoms with Crippen molar-refractivity contribution in [2.24, 2.45) is 10.7 Å². The highest BCUT2D eigenvalue weighted by Gasteiger charge is 2.24. The van der Waals surface area contributed by atoms with E-state index >= 15 is 0 Å². The number of aromatic nitrogens is 2. The summed E-state index contributed by atoms with van der Waals surface area (Å²) in [4.78, 5) is 29.2. The van der Waals surface area contributed by atoms with E-state index in [2.05, 4.69) is 36.2 Å². The Balaban J connectivity index is 1.81. The summed E-state index contributed by atoms with van der Waals surface area (Å²) in [5.41, 5.74) is 6.23. The second-order valence-electron chi connectivity index (χ2n) is 8.46. The number of primary amides is 1. The lowest BCUT2D eigenvalue weighted by molar-refractivity contribution is -0.119. The lowest BCUT2D eigenvalue weighted by atomic mass is 9.98. The molecule has 1 aromatic carbocycles. The number of amides is 3. The summed E-state index contributed by atoms with van der Waals surface area (Å²) < 4.78 is 7.45. The molecule has 2 aromatic rings. The molecule has 0 radical (unpaired) electrons. The number of ether oxygens (including phenoxy) is 1. The quantitative estimate of drug-likeness (QED) is 0.730. The molecule has 1 fully saturated rings. The highest BCUT2D eigenvalue weighted by atomic mass is 32.1. The Morgan fingerprint density at radius 1 is 1.37 bits per heavy atom. The van der Waals surface area contributed by atoms with Gasteiger partial charge in [-0.05, 0) is 18.4 Å². The standard InChI is InChI=1S/C21H29N5O3S/c1-21(2,3)18-25-26(13-15-10-7-11-29-15)20(30-18)24-19(28)23-16(17(22)27)12-14-8-5-4-6-9-14/h4-6,8-9,15-16H,7,10-13H2,1-3H3,(H2,22,27)(H,23,28)/b24-20-/t15-,16+/m1/s1. The van der Waals surface area contributed by atoms with E-state index in [-0.39, 0.29) is 11.5 Å². The van der Waals surface area contributed by atoms with Gasteiger partial charge in [0.05, 0.1) is 12.6 Å². The van der Waals surface area contributed by atoms with E-state index in [1.54, 1.807) is 4.68 Å². The molecule has 3 rings (SSSR count). The van der Waals surface area contributed by atoms with Crippen LogP contribution in [0, 0.1) is 0 Å². The second kappa shape index (κ2) is 9.53. The van der Waals surface area contributed by atoms with Gasteiger partial charge >= 0.3 is 6.03 Å². The Bertz CT molecular complexity index is 940. The van der Waals surface area contributed by atoms with Crippen molar-refractivity contribution in [2.45, 2.75) is 64.1 Å². The van der Waals surface area contributed by atoms with Gasteiger partial charge in [-0.2, -0.15) is 10.1 Å². The molecule has 0 aliphatic carbocycles. The fourth-order valence-corrected chi connectivity index (χ4v) is 4.10. The van der Waals surface area contributed by atoms with Crippen molar-refractivity contribution in [1.29, 1.82) is 0 Å². The minimum absolute atomic E-state index is 0.0679. The molecule has 0 saturated carbocycles. The SMILES string of the molecule is CC(C)(C)c1nn(C[C@H]2CCCO2)/c(=N/C(=O)N[C@@H](Cc2ccccc2)C(N)=O)s1. The summed E-state index contributed by atoms with van der Waals surface area (Å²) in [7, 11) is 0. The maximum atomic E-state index is 12.6. The van der Waals surface area contributed by atoms with E-state index in [0.717, 1.165) is 30.0 Å². The number of nitrogens with zero attached hydrogens (tertiary/aromatic N) is 3. The Labute approximate surface area is 180 Å². The van der Waals surface area contributed by atoms with Crippen LogP contribution >= 0.6 is 11.3 Å². The molecular weight excluding hydrogens is 402 g/mol. The Morgan fingerprint density at radius 3 is 2.70 bits per heavy atom. The Kier molecular flexibility index (Phi) is 7.04. The van der Waals surface area contributed by atoms with Gasteiger partial charge < -0.3 is 15.8 Å². The number of urea groups is 1. The van der Waals surface area contributed by atoms with E-state index in [4.69, 9.17) is 10.5 Å². The third-order valence-corrected chi connectivity index (χ3v) is 6.16. The molecule has 2 atom stereocenters. The summed E-state index contributed by atoms with van der Waals surface area (Å²) in [6, 6.07) is 7.95. The number of hydrogen-bond donors (Lipinski definition) is 2. The second-order valence-corrected chi connectivity index (χ2v) is 9.42. The summed E-state index contributed by atoms with van der Waals surface area (Å²) in [6.45, 7) is 7.48. The summed E-state index contributed by atoms with van der Waals surface area (Å²) >= 11 is 1.37. The van der Waals surface area contributed by atoms with Crippen molar-refractivity contribution >= 4 is 23.3 Å². The molecule has 0 unspecified atom stereocenters. The van der Waals surface area contributed by atoms with Gasteiger partial charge in [-0.15, -0.1) is 0 Å². The molecule has 8 nitrogen and oxygen atoms in total. The lowest BCUT2D eigenvalue weighted by Gasteiger charge is -2.14. The third-order valence-electron chi connectivity index (χ3n) is 4.78. The van der Waals surface area contributed by atoms with Crippen LogP contribution in [0.3, 0.4) is 0 Å². The van der Waals surface area contributed by atoms with Crippen molar-refractivity contribution < 1.29 is 14.3 Å². The number of carbonyl (C=O) groups is 2. The fraction of sp³-hybridized carbons (Fsp3) is 0.524. The topological polar surface area (TPSA) is 112 Å². The third kappa shape index (κ3) is 5.99. The Hall–Kier alpha value is -2.52. The maximum Gasteiger partial charge on any atom is 0.344 e. The zero-order valence-electron chi connectivity index (χ0n) is 17.6. The molecule has 1 aliphatic heterocycles. The van der Waals surface area contributed by atoms with Gasteiger partial charge in [0, 0.05) is 18.4 Å². The molecule has 0 spiro atoms. The van der Waals surface area contributed by atoms with Crippen molar-refractivity contribution in [3.8, 4) is 0 Å². The van der Waals surface area contributed by atoms with Crippen molar-refractivity contribution in [3.05, 3.63) is 45.7 Å².